The Morgan fingerprint density at radius 2 is 1.62 bits per heavy atom. The minimum absolute atomic E-state index is 0.0566. The van der Waals surface area contributed by atoms with E-state index in [1.54, 1.807) is 0 Å². The average molecular weight is 459 g/mol. The molecule has 4 aliphatic rings. The fourth-order valence-electron chi connectivity index (χ4n) is 6.23. The molecule has 0 unspecified atom stereocenters. The van der Waals surface area contributed by atoms with Crippen molar-refractivity contribution >= 4 is 18.0 Å². The molecule has 2 aromatic carbocycles. The van der Waals surface area contributed by atoms with Gasteiger partial charge >= 0.3 is 12.1 Å². The van der Waals surface area contributed by atoms with Crippen LogP contribution in [0.5, 0.6) is 0 Å². The molecular formula is C27H26N2O5. The molecule has 7 nitrogen and oxygen atoms in total. The Morgan fingerprint density at radius 3 is 2.29 bits per heavy atom. The van der Waals surface area contributed by atoms with E-state index < -0.39 is 24.1 Å². The number of nitrogens with zero attached hydrogens (tertiary/aromatic N) is 2. The minimum atomic E-state index is -0.992. The van der Waals surface area contributed by atoms with Gasteiger partial charge in [0, 0.05) is 18.4 Å². The number of carboxylic acids is 1. The molecule has 3 aliphatic heterocycles. The largest absolute Gasteiger partial charge is 0.480 e. The van der Waals surface area contributed by atoms with Crippen LogP contribution in [-0.2, 0) is 14.3 Å². The first-order valence-corrected chi connectivity index (χ1v) is 11.9. The van der Waals surface area contributed by atoms with Gasteiger partial charge in [-0.1, -0.05) is 60.7 Å². The Morgan fingerprint density at radius 1 is 0.941 bits per heavy atom. The highest BCUT2D eigenvalue weighted by molar-refractivity contribution is 5.91. The monoisotopic (exact) mass is 458 g/mol. The van der Waals surface area contributed by atoms with Crippen molar-refractivity contribution in [1.82, 2.24) is 9.80 Å². The van der Waals surface area contributed by atoms with Crippen LogP contribution in [0.3, 0.4) is 0 Å². The first-order chi connectivity index (χ1) is 16.5. The van der Waals surface area contributed by atoms with Gasteiger partial charge in [0.2, 0.25) is 5.91 Å². The average Bonchev–Trinajstić information content (AvgIpc) is 3.53. The Labute approximate surface area is 197 Å². The minimum Gasteiger partial charge on any atom is -0.480 e. The van der Waals surface area contributed by atoms with Crippen molar-refractivity contribution in [2.24, 2.45) is 5.92 Å². The lowest BCUT2D eigenvalue weighted by Gasteiger charge is -2.32. The lowest BCUT2D eigenvalue weighted by atomic mass is 9.98. The number of benzene rings is 2. The second-order valence-electron chi connectivity index (χ2n) is 9.52. The summed E-state index contributed by atoms with van der Waals surface area (Å²) in [5.41, 5.74) is 4.58. The molecule has 4 atom stereocenters. The van der Waals surface area contributed by atoms with Gasteiger partial charge in [0.1, 0.15) is 18.7 Å². The summed E-state index contributed by atoms with van der Waals surface area (Å²) in [5.74, 6) is -1.45. The van der Waals surface area contributed by atoms with Gasteiger partial charge in [-0.05, 0) is 41.5 Å². The van der Waals surface area contributed by atoms with E-state index in [-0.39, 0.29) is 30.4 Å². The molecule has 3 heterocycles. The fraction of sp³-hybridized carbons (Fsp3) is 0.370. The number of carbonyl (C=O) groups is 3. The summed E-state index contributed by atoms with van der Waals surface area (Å²) < 4.78 is 5.82. The van der Waals surface area contributed by atoms with Crippen molar-refractivity contribution in [2.45, 2.75) is 43.3 Å². The lowest BCUT2D eigenvalue weighted by molar-refractivity contribution is -0.151. The van der Waals surface area contributed by atoms with E-state index in [9.17, 15) is 19.5 Å². The molecule has 2 saturated heterocycles. The molecule has 174 valence electrons. The number of carboxylic acid groups (broad SMARTS) is 1. The van der Waals surface area contributed by atoms with E-state index >= 15 is 0 Å². The van der Waals surface area contributed by atoms with E-state index in [2.05, 4.69) is 24.3 Å². The predicted octanol–water partition coefficient (Wildman–Crippen LogP) is 3.64. The first-order valence-electron chi connectivity index (χ1n) is 11.9. The quantitative estimate of drug-likeness (QED) is 0.710. The van der Waals surface area contributed by atoms with Gasteiger partial charge < -0.3 is 14.7 Å². The van der Waals surface area contributed by atoms with Crippen molar-refractivity contribution < 1.29 is 24.2 Å². The van der Waals surface area contributed by atoms with Gasteiger partial charge in [-0.3, -0.25) is 9.69 Å². The summed E-state index contributed by atoms with van der Waals surface area (Å²) in [6.45, 7) is 0.604. The number of hydrogen-bond acceptors (Lipinski definition) is 4. The maximum absolute atomic E-state index is 13.5. The van der Waals surface area contributed by atoms with Crippen LogP contribution in [0, 0.1) is 5.92 Å². The van der Waals surface area contributed by atoms with Gasteiger partial charge in [0.25, 0.3) is 0 Å². The SMILES string of the molecule is O=C(O)[C@@H]1CC[C@@H]2C=C[C@H]3CCN(C(=O)OCC4c5ccccc5-c5ccccc54)[C@@H]3C(=O)N21. The Balaban J connectivity index is 1.22. The third kappa shape index (κ3) is 3.14. The van der Waals surface area contributed by atoms with Crippen LogP contribution in [0.25, 0.3) is 11.1 Å². The number of aliphatic carboxylic acids is 1. The van der Waals surface area contributed by atoms with Gasteiger partial charge in [-0.2, -0.15) is 0 Å². The second-order valence-corrected chi connectivity index (χ2v) is 9.52. The Hall–Kier alpha value is -3.61. The lowest BCUT2D eigenvalue weighted by Crippen LogP contribution is -2.53. The number of likely N-dealkylation sites (tertiary alicyclic amines) is 1. The number of amides is 2. The normalized spacial score (nSPS) is 27.1. The maximum Gasteiger partial charge on any atom is 0.410 e. The summed E-state index contributed by atoms with van der Waals surface area (Å²) in [7, 11) is 0. The molecule has 2 amide bonds. The zero-order valence-corrected chi connectivity index (χ0v) is 18.7. The van der Waals surface area contributed by atoms with Crippen molar-refractivity contribution in [1.29, 1.82) is 0 Å². The highest BCUT2D eigenvalue weighted by Gasteiger charge is 2.50. The molecule has 6 rings (SSSR count). The fourth-order valence-corrected chi connectivity index (χ4v) is 6.23. The zero-order chi connectivity index (χ0) is 23.4. The van der Waals surface area contributed by atoms with Crippen molar-refractivity contribution in [2.75, 3.05) is 13.2 Å². The number of rotatable bonds is 3. The van der Waals surface area contributed by atoms with E-state index in [0.717, 1.165) is 22.3 Å². The van der Waals surface area contributed by atoms with Crippen molar-refractivity contribution in [3.8, 4) is 11.1 Å². The highest BCUT2D eigenvalue weighted by Crippen LogP contribution is 2.45. The van der Waals surface area contributed by atoms with Crippen molar-refractivity contribution in [3.63, 3.8) is 0 Å². The Bertz CT molecular complexity index is 1160. The molecular weight excluding hydrogens is 432 g/mol. The van der Waals surface area contributed by atoms with E-state index in [1.807, 2.05) is 36.4 Å². The van der Waals surface area contributed by atoms with E-state index in [1.165, 1.54) is 9.80 Å². The third-order valence-corrected chi connectivity index (χ3v) is 7.82. The van der Waals surface area contributed by atoms with Gasteiger partial charge in [0.05, 0.1) is 6.04 Å². The first kappa shape index (κ1) is 21.0. The zero-order valence-electron chi connectivity index (χ0n) is 18.7. The van der Waals surface area contributed by atoms with Crippen LogP contribution in [0.4, 0.5) is 4.79 Å². The Kier molecular flexibility index (Phi) is 4.94. The molecule has 0 aromatic heterocycles. The van der Waals surface area contributed by atoms with Crippen molar-refractivity contribution in [3.05, 3.63) is 71.8 Å². The van der Waals surface area contributed by atoms with Gasteiger partial charge in [0.15, 0.2) is 0 Å². The topological polar surface area (TPSA) is 87.1 Å². The number of hydrogen-bond donors (Lipinski definition) is 1. The molecule has 0 bridgehead atoms. The number of carbonyl (C=O) groups excluding carboxylic acids is 2. The van der Waals surface area contributed by atoms with Crippen LogP contribution >= 0.6 is 0 Å². The molecule has 34 heavy (non-hydrogen) atoms. The molecule has 2 fully saturated rings. The smallest absolute Gasteiger partial charge is 0.410 e. The van der Waals surface area contributed by atoms with Gasteiger partial charge in [-0.15, -0.1) is 0 Å². The van der Waals surface area contributed by atoms with Crippen LogP contribution in [-0.4, -0.2) is 64.2 Å². The predicted molar refractivity (Wildman–Crippen MR) is 124 cm³/mol. The summed E-state index contributed by atoms with van der Waals surface area (Å²) in [4.78, 5) is 41.5. The molecule has 0 spiro atoms. The number of ether oxygens (including phenoxy) is 1. The molecule has 7 heteroatoms. The van der Waals surface area contributed by atoms with Crippen LogP contribution in [0.15, 0.2) is 60.7 Å². The molecule has 0 saturated carbocycles. The van der Waals surface area contributed by atoms with E-state index in [4.69, 9.17) is 4.74 Å². The molecule has 1 N–H and O–H groups in total. The molecule has 1 aliphatic carbocycles. The summed E-state index contributed by atoms with van der Waals surface area (Å²) in [6.07, 6.45) is 5.15. The summed E-state index contributed by atoms with van der Waals surface area (Å²) in [6, 6.07) is 14.5. The maximum atomic E-state index is 13.5. The van der Waals surface area contributed by atoms with Gasteiger partial charge in [-0.25, -0.2) is 9.59 Å². The highest BCUT2D eigenvalue weighted by atomic mass is 16.6. The molecule has 0 radical (unpaired) electrons. The summed E-state index contributed by atoms with van der Waals surface area (Å²) in [5, 5.41) is 9.62. The van der Waals surface area contributed by atoms with Crippen LogP contribution in [0.1, 0.15) is 36.3 Å². The second kappa shape index (κ2) is 8.01. The molecule has 2 aromatic rings. The summed E-state index contributed by atoms with van der Waals surface area (Å²) >= 11 is 0. The van der Waals surface area contributed by atoms with Crippen LogP contribution in [0.2, 0.25) is 0 Å². The third-order valence-electron chi connectivity index (χ3n) is 7.82. The standard InChI is InChI=1S/C27H26N2O5/c30-25-24-16(9-10-17-11-12-23(26(31)32)29(17)25)13-14-28(24)27(33)34-15-22-20-7-3-1-5-18(20)19-6-2-4-8-21(19)22/h1-10,16-17,22-24H,11-15H2,(H,31,32)/t16-,17-,23-,24-/m0/s1. The van der Waals surface area contributed by atoms with Crippen LogP contribution < -0.4 is 0 Å². The van der Waals surface area contributed by atoms with E-state index in [0.29, 0.717) is 25.8 Å². The number of fused-ring (bicyclic) bond motifs is 5.